The van der Waals surface area contributed by atoms with Gasteiger partial charge in [0.15, 0.2) is 5.82 Å². The SMILES string of the molecule is CCN(CC(=O)N1CCN(c2ccc(-c3ccc(C)cc3)nn2)CC1)C(=O)c1ccccc1C. The largest absolute Gasteiger partial charge is 0.352 e. The van der Waals surface area contributed by atoms with Crippen LogP contribution in [0.5, 0.6) is 0 Å². The molecule has 1 saturated heterocycles. The molecule has 7 nitrogen and oxygen atoms in total. The molecule has 0 N–H and O–H groups in total. The molecule has 0 atom stereocenters. The maximum absolute atomic E-state index is 12.9. The molecule has 0 bridgehead atoms. The van der Waals surface area contributed by atoms with Gasteiger partial charge in [0.25, 0.3) is 5.91 Å². The number of aromatic nitrogens is 2. The monoisotopic (exact) mass is 457 g/mol. The number of carbonyl (C=O) groups excluding carboxylic acids is 2. The minimum absolute atomic E-state index is 0.0239. The van der Waals surface area contributed by atoms with Crippen LogP contribution in [0.15, 0.2) is 60.7 Å². The molecule has 7 heteroatoms. The maximum atomic E-state index is 12.9. The molecule has 34 heavy (non-hydrogen) atoms. The highest BCUT2D eigenvalue weighted by molar-refractivity contribution is 5.97. The number of piperazine rings is 1. The van der Waals surface area contributed by atoms with Gasteiger partial charge in [-0.25, -0.2) is 0 Å². The van der Waals surface area contributed by atoms with E-state index in [9.17, 15) is 9.59 Å². The van der Waals surface area contributed by atoms with Crippen molar-refractivity contribution >= 4 is 17.6 Å². The molecule has 2 aromatic carbocycles. The lowest BCUT2D eigenvalue weighted by Gasteiger charge is -2.36. The third-order valence-electron chi connectivity index (χ3n) is 6.32. The van der Waals surface area contributed by atoms with Gasteiger partial charge in [-0.1, -0.05) is 48.0 Å². The van der Waals surface area contributed by atoms with Crippen molar-refractivity contribution in [3.63, 3.8) is 0 Å². The molecule has 0 spiro atoms. The number of benzene rings is 2. The highest BCUT2D eigenvalue weighted by Gasteiger charge is 2.25. The van der Waals surface area contributed by atoms with Gasteiger partial charge in [-0.05, 0) is 44.5 Å². The first-order chi connectivity index (χ1) is 16.5. The Balaban J connectivity index is 1.33. The Morgan fingerprint density at radius 2 is 1.59 bits per heavy atom. The zero-order valence-electron chi connectivity index (χ0n) is 20.1. The summed E-state index contributed by atoms with van der Waals surface area (Å²) in [4.78, 5) is 31.5. The lowest BCUT2D eigenvalue weighted by molar-refractivity contribution is -0.132. The van der Waals surface area contributed by atoms with Crippen LogP contribution in [0.2, 0.25) is 0 Å². The van der Waals surface area contributed by atoms with Gasteiger partial charge in [0.2, 0.25) is 5.91 Å². The summed E-state index contributed by atoms with van der Waals surface area (Å²) in [6, 6.07) is 19.7. The van der Waals surface area contributed by atoms with Crippen LogP contribution < -0.4 is 4.90 Å². The summed E-state index contributed by atoms with van der Waals surface area (Å²) in [5.74, 6) is 0.689. The fourth-order valence-electron chi connectivity index (χ4n) is 4.13. The molecule has 1 aromatic heterocycles. The smallest absolute Gasteiger partial charge is 0.254 e. The van der Waals surface area contributed by atoms with E-state index in [0.717, 1.165) is 22.6 Å². The number of carbonyl (C=O) groups is 2. The second kappa shape index (κ2) is 10.5. The molecule has 1 aliphatic rings. The summed E-state index contributed by atoms with van der Waals surface area (Å²) < 4.78 is 0. The number of likely N-dealkylation sites (N-methyl/N-ethyl adjacent to an activating group) is 1. The minimum Gasteiger partial charge on any atom is -0.352 e. The summed E-state index contributed by atoms with van der Waals surface area (Å²) in [6.45, 7) is 9.01. The van der Waals surface area contributed by atoms with E-state index in [2.05, 4.69) is 34.2 Å². The van der Waals surface area contributed by atoms with Gasteiger partial charge in [-0.15, -0.1) is 10.2 Å². The van der Waals surface area contributed by atoms with Gasteiger partial charge < -0.3 is 14.7 Å². The first kappa shape index (κ1) is 23.4. The average Bonchev–Trinajstić information content (AvgIpc) is 2.88. The summed E-state index contributed by atoms with van der Waals surface area (Å²) in [7, 11) is 0. The Kier molecular flexibility index (Phi) is 7.21. The van der Waals surface area contributed by atoms with E-state index in [1.54, 1.807) is 4.90 Å². The molecule has 0 radical (unpaired) electrons. The van der Waals surface area contributed by atoms with E-state index in [0.29, 0.717) is 38.3 Å². The molecule has 2 heterocycles. The van der Waals surface area contributed by atoms with Crippen LogP contribution in [-0.2, 0) is 4.79 Å². The van der Waals surface area contributed by atoms with Gasteiger partial charge in [0.05, 0.1) is 5.69 Å². The molecule has 1 fully saturated rings. The van der Waals surface area contributed by atoms with Crippen LogP contribution in [-0.4, -0.2) is 71.1 Å². The van der Waals surface area contributed by atoms with Gasteiger partial charge >= 0.3 is 0 Å². The predicted molar refractivity (Wildman–Crippen MR) is 134 cm³/mol. The maximum Gasteiger partial charge on any atom is 0.254 e. The van der Waals surface area contributed by atoms with Crippen molar-refractivity contribution in [2.24, 2.45) is 0 Å². The van der Waals surface area contributed by atoms with Crippen LogP contribution >= 0.6 is 0 Å². The number of aryl methyl sites for hydroxylation is 2. The van der Waals surface area contributed by atoms with Crippen LogP contribution in [0.1, 0.15) is 28.4 Å². The van der Waals surface area contributed by atoms with Crippen LogP contribution in [0, 0.1) is 13.8 Å². The summed E-state index contributed by atoms with van der Waals surface area (Å²) >= 11 is 0. The van der Waals surface area contributed by atoms with Crippen LogP contribution in [0.4, 0.5) is 5.82 Å². The second-order valence-corrected chi connectivity index (χ2v) is 8.64. The second-order valence-electron chi connectivity index (χ2n) is 8.64. The van der Waals surface area contributed by atoms with E-state index in [-0.39, 0.29) is 18.4 Å². The number of amides is 2. The highest BCUT2D eigenvalue weighted by Crippen LogP contribution is 2.20. The molecular weight excluding hydrogens is 426 g/mol. The van der Waals surface area contributed by atoms with Crippen molar-refractivity contribution in [3.05, 3.63) is 77.4 Å². The van der Waals surface area contributed by atoms with Crippen molar-refractivity contribution in [1.82, 2.24) is 20.0 Å². The normalized spacial score (nSPS) is 13.6. The number of hydrogen-bond donors (Lipinski definition) is 0. The average molecular weight is 458 g/mol. The quantitative estimate of drug-likeness (QED) is 0.566. The standard InChI is InChI=1S/C27H31N5O2/c1-4-30(27(34)23-8-6-5-7-21(23)3)19-26(33)32-17-15-31(16-18-32)25-14-13-24(28-29-25)22-11-9-20(2)10-12-22/h5-14H,4,15-19H2,1-3H3. The number of hydrogen-bond acceptors (Lipinski definition) is 5. The molecular formula is C27H31N5O2. The lowest BCUT2D eigenvalue weighted by atomic mass is 10.1. The van der Waals surface area contributed by atoms with Crippen molar-refractivity contribution < 1.29 is 9.59 Å². The Morgan fingerprint density at radius 1 is 0.882 bits per heavy atom. The minimum atomic E-state index is -0.100. The van der Waals surface area contributed by atoms with Gasteiger partial charge in [0, 0.05) is 43.9 Å². The Bertz CT molecular complexity index is 1140. The topological polar surface area (TPSA) is 69.6 Å². The number of anilines is 1. The first-order valence-electron chi connectivity index (χ1n) is 11.7. The predicted octanol–water partition coefficient (Wildman–Crippen LogP) is 3.57. The van der Waals surface area contributed by atoms with Crippen molar-refractivity contribution in [1.29, 1.82) is 0 Å². The molecule has 0 aliphatic carbocycles. The third kappa shape index (κ3) is 5.25. The van der Waals surface area contributed by atoms with Gasteiger partial charge in [-0.2, -0.15) is 0 Å². The Labute approximate surface area is 201 Å². The van der Waals surface area contributed by atoms with E-state index in [1.807, 2.05) is 67.3 Å². The first-order valence-corrected chi connectivity index (χ1v) is 11.7. The zero-order chi connectivity index (χ0) is 24.1. The van der Waals surface area contributed by atoms with E-state index < -0.39 is 0 Å². The van der Waals surface area contributed by atoms with E-state index >= 15 is 0 Å². The molecule has 0 saturated carbocycles. The highest BCUT2D eigenvalue weighted by atomic mass is 16.2. The molecule has 176 valence electrons. The number of rotatable bonds is 6. The van der Waals surface area contributed by atoms with Gasteiger partial charge in [-0.3, -0.25) is 9.59 Å². The van der Waals surface area contributed by atoms with Gasteiger partial charge in [0.1, 0.15) is 6.54 Å². The number of nitrogens with zero attached hydrogens (tertiary/aromatic N) is 5. The third-order valence-corrected chi connectivity index (χ3v) is 6.32. The van der Waals surface area contributed by atoms with Crippen LogP contribution in [0.3, 0.4) is 0 Å². The molecule has 4 rings (SSSR count). The van der Waals surface area contributed by atoms with Crippen molar-refractivity contribution in [3.8, 4) is 11.3 Å². The van der Waals surface area contributed by atoms with Crippen molar-refractivity contribution in [2.45, 2.75) is 20.8 Å². The summed E-state index contributed by atoms with van der Waals surface area (Å²) in [5, 5.41) is 8.81. The fraction of sp³-hybridized carbons (Fsp3) is 0.333. The molecule has 1 aliphatic heterocycles. The lowest BCUT2D eigenvalue weighted by Crippen LogP contribution is -2.52. The molecule has 0 unspecified atom stereocenters. The summed E-state index contributed by atoms with van der Waals surface area (Å²) in [6.07, 6.45) is 0. The molecule has 2 amide bonds. The zero-order valence-corrected chi connectivity index (χ0v) is 20.1. The Morgan fingerprint density at radius 3 is 2.21 bits per heavy atom. The Hall–Kier alpha value is -3.74. The molecule has 3 aromatic rings. The summed E-state index contributed by atoms with van der Waals surface area (Å²) in [5.41, 5.74) is 4.66. The fourth-order valence-corrected chi connectivity index (χ4v) is 4.13. The van der Waals surface area contributed by atoms with E-state index in [4.69, 9.17) is 0 Å². The van der Waals surface area contributed by atoms with Crippen LogP contribution in [0.25, 0.3) is 11.3 Å². The van der Waals surface area contributed by atoms with E-state index in [1.165, 1.54) is 5.56 Å². The van der Waals surface area contributed by atoms with Crippen molar-refractivity contribution in [2.75, 3.05) is 44.2 Å².